The predicted molar refractivity (Wildman–Crippen MR) is 64.7 cm³/mol. The van der Waals surface area contributed by atoms with Gasteiger partial charge in [-0.25, -0.2) is 0 Å². The zero-order valence-electron chi connectivity index (χ0n) is 8.92. The third-order valence-corrected chi connectivity index (χ3v) is 2.19. The smallest absolute Gasteiger partial charge is 0.257 e. The minimum absolute atomic E-state index is 0.0311. The molecule has 0 saturated carbocycles. The average molecular weight is 229 g/mol. The molecule has 0 saturated heterocycles. The highest BCUT2D eigenvalue weighted by molar-refractivity contribution is 6.04. The van der Waals surface area contributed by atoms with E-state index in [1.165, 1.54) is 18.3 Å². The third-order valence-electron chi connectivity index (χ3n) is 2.19. The Hall–Kier alpha value is -2.56. The van der Waals surface area contributed by atoms with Crippen LogP contribution >= 0.6 is 0 Å². The molecule has 5 heteroatoms. The molecular formula is C12H11N3O2. The van der Waals surface area contributed by atoms with Crippen LogP contribution < -0.4 is 11.1 Å². The molecule has 0 bridgehead atoms. The van der Waals surface area contributed by atoms with Gasteiger partial charge >= 0.3 is 0 Å². The molecule has 0 fully saturated rings. The van der Waals surface area contributed by atoms with Gasteiger partial charge in [0.1, 0.15) is 5.75 Å². The first-order chi connectivity index (χ1) is 8.16. The van der Waals surface area contributed by atoms with E-state index < -0.39 is 0 Å². The van der Waals surface area contributed by atoms with Crippen LogP contribution in [0.4, 0.5) is 11.4 Å². The highest BCUT2D eigenvalue weighted by Crippen LogP contribution is 2.25. The number of carbonyl (C=O) groups is 1. The van der Waals surface area contributed by atoms with Crippen molar-refractivity contribution in [2.24, 2.45) is 0 Å². The molecule has 1 amide bonds. The number of nitrogens with one attached hydrogen (secondary N) is 1. The van der Waals surface area contributed by atoms with Crippen molar-refractivity contribution in [2.45, 2.75) is 0 Å². The quantitative estimate of drug-likeness (QED) is 0.415. The molecule has 17 heavy (non-hydrogen) atoms. The highest BCUT2D eigenvalue weighted by atomic mass is 16.3. The molecular weight excluding hydrogens is 218 g/mol. The minimum atomic E-state index is -0.348. The molecule has 4 N–H and O–H groups in total. The molecule has 2 rings (SSSR count). The van der Waals surface area contributed by atoms with Gasteiger partial charge in [0.05, 0.1) is 11.3 Å². The van der Waals surface area contributed by atoms with E-state index in [1.54, 1.807) is 24.4 Å². The van der Waals surface area contributed by atoms with Gasteiger partial charge in [-0.3, -0.25) is 9.78 Å². The predicted octanol–water partition coefficient (Wildman–Crippen LogP) is 1.62. The Kier molecular flexibility index (Phi) is 2.91. The first-order valence-electron chi connectivity index (χ1n) is 4.96. The number of aromatic hydroxyl groups is 1. The second-order valence-corrected chi connectivity index (χ2v) is 3.47. The molecule has 1 aromatic heterocycles. The van der Waals surface area contributed by atoms with Gasteiger partial charge < -0.3 is 16.2 Å². The number of phenolic OH excluding ortho intramolecular Hbond substituents is 1. The summed E-state index contributed by atoms with van der Waals surface area (Å²) in [5, 5.41) is 12.1. The normalized spacial score (nSPS) is 9.88. The fourth-order valence-corrected chi connectivity index (χ4v) is 1.35. The maximum atomic E-state index is 11.8. The minimum Gasteiger partial charge on any atom is -0.506 e. The van der Waals surface area contributed by atoms with E-state index in [-0.39, 0.29) is 17.3 Å². The number of nitrogens with two attached hydrogens (primary N) is 1. The summed E-state index contributed by atoms with van der Waals surface area (Å²) in [7, 11) is 0. The van der Waals surface area contributed by atoms with Gasteiger partial charge in [0, 0.05) is 18.1 Å². The van der Waals surface area contributed by atoms with Gasteiger partial charge in [0.15, 0.2) is 0 Å². The van der Waals surface area contributed by atoms with E-state index in [0.29, 0.717) is 11.3 Å². The van der Waals surface area contributed by atoms with Crippen LogP contribution in [0.15, 0.2) is 42.7 Å². The van der Waals surface area contributed by atoms with Crippen molar-refractivity contribution in [3.63, 3.8) is 0 Å². The van der Waals surface area contributed by atoms with Gasteiger partial charge in [0.25, 0.3) is 5.91 Å². The van der Waals surface area contributed by atoms with E-state index >= 15 is 0 Å². The van der Waals surface area contributed by atoms with Gasteiger partial charge in [-0.15, -0.1) is 0 Å². The van der Waals surface area contributed by atoms with Crippen LogP contribution in [0.2, 0.25) is 0 Å². The Bertz CT molecular complexity index is 541. The average Bonchev–Trinajstić information content (AvgIpc) is 2.35. The van der Waals surface area contributed by atoms with Gasteiger partial charge in [0.2, 0.25) is 0 Å². The second-order valence-electron chi connectivity index (χ2n) is 3.47. The van der Waals surface area contributed by atoms with Crippen LogP contribution in [-0.4, -0.2) is 16.0 Å². The van der Waals surface area contributed by atoms with Gasteiger partial charge in [-0.05, 0) is 30.3 Å². The lowest BCUT2D eigenvalue weighted by Gasteiger charge is -2.07. The van der Waals surface area contributed by atoms with Gasteiger partial charge in [-0.2, -0.15) is 0 Å². The second kappa shape index (κ2) is 4.52. The number of amides is 1. The Balaban J connectivity index is 2.22. The molecule has 0 unspecified atom stereocenters. The van der Waals surface area contributed by atoms with E-state index in [2.05, 4.69) is 10.3 Å². The Morgan fingerprint density at radius 2 is 2.18 bits per heavy atom. The zero-order valence-corrected chi connectivity index (χ0v) is 8.92. The van der Waals surface area contributed by atoms with Crippen LogP contribution in [0.1, 0.15) is 10.4 Å². The summed E-state index contributed by atoms with van der Waals surface area (Å²) >= 11 is 0. The van der Waals surface area contributed by atoms with Gasteiger partial charge in [-0.1, -0.05) is 0 Å². The molecule has 0 aliphatic rings. The fourth-order valence-electron chi connectivity index (χ4n) is 1.35. The standard InChI is InChI=1S/C12H11N3O2/c13-9-3-4-11(16)10(6-9)15-12(17)8-2-1-5-14-7-8/h1-7,16H,13H2,(H,15,17). The number of pyridine rings is 1. The molecule has 0 aliphatic heterocycles. The number of rotatable bonds is 2. The maximum absolute atomic E-state index is 11.8. The SMILES string of the molecule is Nc1ccc(O)c(NC(=O)c2cccnc2)c1. The summed E-state index contributed by atoms with van der Waals surface area (Å²) < 4.78 is 0. The fraction of sp³-hybridized carbons (Fsp3) is 0. The van der Waals surface area contributed by atoms with Crippen molar-refractivity contribution in [1.82, 2.24) is 4.98 Å². The van der Waals surface area contributed by atoms with Crippen molar-refractivity contribution >= 4 is 17.3 Å². The van der Waals surface area contributed by atoms with Crippen LogP contribution in [0.5, 0.6) is 5.75 Å². The first kappa shape index (κ1) is 10.9. The molecule has 5 nitrogen and oxygen atoms in total. The number of aromatic nitrogens is 1. The molecule has 86 valence electrons. The molecule has 0 aliphatic carbocycles. The summed E-state index contributed by atoms with van der Waals surface area (Å²) in [4.78, 5) is 15.6. The van der Waals surface area contributed by atoms with Crippen LogP contribution in [0.3, 0.4) is 0 Å². The molecule has 2 aromatic rings. The number of benzene rings is 1. The number of hydrogen-bond donors (Lipinski definition) is 3. The Labute approximate surface area is 97.9 Å². The van der Waals surface area contributed by atoms with Crippen LogP contribution in [0.25, 0.3) is 0 Å². The molecule has 0 radical (unpaired) electrons. The number of nitrogen functional groups attached to an aromatic ring is 1. The van der Waals surface area contributed by atoms with Crippen molar-refractivity contribution in [3.05, 3.63) is 48.3 Å². The highest BCUT2D eigenvalue weighted by Gasteiger charge is 2.08. The van der Waals surface area contributed by atoms with Crippen molar-refractivity contribution < 1.29 is 9.90 Å². The first-order valence-corrected chi connectivity index (χ1v) is 4.96. The summed E-state index contributed by atoms with van der Waals surface area (Å²) in [5.41, 5.74) is 6.72. The number of anilines is 2. The largest absolute Gasteiger partial charge is 0.506 e. The van der Waals surface area contributed by atoms with E-state index in [1.807, 2.05) is 0 Å². The molecule has 1 aromatic carbocycles. The lowest BCUT2D eigenvalue weighted by Crippen LogP contribution is -2.12. The molecule has 1 heterocycles. The molecule has 0 spiro atoms. The zero-order chi connectivity index (χ0) is 12.3. The Morgan fingerprint density at radius 3 is 2.88 bits per heavy atom. The number of hydrogen-bond acceptors (Lipinski definition) is 4. The van der Waals surface area contributed by atoms with Crippen LogP contribution in [-0.2, 0) is 0 Å². The third kappa shape index (κ3) is 2.52. The number of phenols is 1. The van der Waals surface area contributed by atoms with E-state index in [9.17, 15) is 9.90 Å². The van der Waals surface area contributed by atoms with Crippen molar-refractivity contribution in [3.8, 4) is 5.75 Å². The van der Waals surface area contributed by atoms with Crippen molar-refractivity contribution in [1.29, 1.82) is 0 Å². The maximum Gasteiger partial charge on any atom is 0.257 e. The lowest BCUT2D eigenvalue weighted by molar-refractivity contribution is 0.102. The lowest BCUT2D eigenvalue weighted by atomic mass is 10.2. The molecule has 0 atom stereocenters. The number of nitrogens with zero attached hydrogens (tertiary/aromatic N) is 1. The van der Waals surface area contributed by atoms with Crippen LogP contribution in [0, 0.1) is 0 Å². The summed E-state index contributed by atoms with van der Waals surface area (Å²) in [6, 6.07) is 7.76. The topological polar surface area (TPSA) is 88.2 Å². The summed E-state index contributed by atoms with van der Waals surface area (Å²) in [5.74, 6) is -0.379. The van der Waals surface area contributed by atoms with E-state index in [0.717, 1.165) is 0 Å². The van der Waals surface area contributed by atoms with E-state index in [4.69, 9.17) is 5.73 Å². The summed E-state index contributed by atoms with van der Waals surface area (Å²) in [6.45, 7) is 0. The number of carbonyl (C=O) groups excluding carboxylic acids is 1. The Morgan fingerprint density at radius 1 is 1.35 bits per heavy atom. The van der Waals surface area contributed by atoms with Crippen molar-refractivity contribution in [2.75, 3.05) is 11.1 Å². The summed E-state index contributed by atoms with van der Waals surface area (Å²) in [6.07, 6.45) is 3.02. The monoisotopic (exact) mass is 229 g/mol.